The lowest BCUT2D eigenvalue weighted by atomic mass is 9.95. The zero-order valence-corrected chi connectivity index (χ0v) is 19.8. The second-order valence-corrected chi connectivity index (χ2v) is 9.83. The summed E-state index contributed by atoms with van der Waals surface area (Å²) in [6, 6.07) is 12.0. The van der Waals surface area contributed by atoms with Crippen molar-refractivity contribution in [3.05, 3.63) is 70.8 Å². The lowest BCUT2D eigenvalue weighted by Crippen LogP contribution is -2.35. The number of ether oxygens (including phenoxy) is 1. The van der Waals surface area contributed by atoms with E-state index in [1.54, 1.807) is 0 Å². The summed E-state index contributed by atoms with van der Waals surface area (Å²) >= 11 is 1.10. The number of primary amides is 1. The van der Waals surface area contributed by atoms with Gasteiger partial charge in [0.05, 0.1) is 24.4 Å². The van der Waals surface area contributed by atoms with E-state index in [0.717, 1.165) is 55.4 Å². The van der Waals surface area contributed by atoms with E-state index in [9.17, 15) is 18.7 Å². The molecule has 4 rings (SSSR count). The van der Waals surface area contributed by atoms with Crippen molar-refractivity contribution in [3.63, 3.8) is 0 Å². The number of carbonyl (C=O) groups excluding carboxylic acids is 1. The van der Waals surface area contributed by atoms with E-state index in [2.05, 4.69) is 10.2 Å². The standard InChI is InChI=1S/C25H27F2N3O3S/c1-25(2,32)19-8-7-17(21(26)22(19)27)20-13-18(23(28)31)24(34-20)29-16-5-3-15(4-6-16)14-30-9-11-33-12-10-30/h3-8,13,29,32H,9-12,14H2,1-2H3,(H2,28,31). The molecule has 1 aliphatic heterocycles. The molecule has 0 radical (unpaired) electrons. The van der Waals surface area contributed by atoms with Crippen molar-refractivity contribution in [2.75, 3.05) is 31.6 Å². The number of morpholine rings is 1. The second kappa shape index (κ2) is 9.79. The highest BCUT2D eigenvalue weighted by Gasteiger charge is 2.26. The summed E-state index contributed by atoms with van der Waals surface area (Å²) in [6.07, 6.45) is 0. The Morgan fingerprint density at radius 2 is 1.82 bits per heavy atom. The number of nitrogens with one attached hydrogen (secondary N) is 1. The van der Waals surface area contributed by atoms with Crippen LogP contribution in [0.3, 0.4) is 0 Å². The van der Waals surface area contributed by atoms with Crippen LogP contribution in [0, 0.1) is 11.6 Å². The number of amides is 1. The minimum Gasteiger partial charge on any atom is -0.386 e. The summed E-state index contributed by atoms with van der Waals surface area (Å²) < 4.78 is 34.8. The summed E-state index contributed by atoms with van der Waals surface area (Å²) in [4.78, 5) is 14.7. The van der Waals surface area contributed by atoms with E-state index in [1.807, 2.05) is 24.3 Å². The molecule has 6 nitrogen and oxygen atoms in total. The first-order valence-corrected chi connectivity index (χ1v) is 11.8. The summed E-state index contributed by atoms with van der Waals surface area (Å²) in [6.45, 7) is 6.86. The largest absolute Gasteiger partial charge is 0.386 e. The Kier molecular flexibility index (Phi) is 6.99. The summed E-state index contributed by atoms with van der Waals surface area (Å²) in [5.41, 5.74) is 5.95. The predicted octanol–water partition coefficient (Wildman–Crippen LogP) is 4.60. The molecule has 0 atom stereocenters. The number of benzene rings is 2. The Morgan fingerprint density at radius 3 is 2.44 bits per heavy atom. The molecule has 0 unspecified atom stereocenters. The number of hydrogen-bond acceptors (Lipinski definition) is 6. The number of carbonyl (C=O) groups is 1. The third-order valence-corrected chi connectivity index (χ3v) is 6.81. The first-order chi connectivity index (χ1) is 16.1. The fraction of sp³-hybridized carbons (Fsp3) is 0.320. The Balaban J connectivity index is 1.57. The maximum Gasteiger partial charge on any atom is 0.251 e. The van der Waals surface area contributed by atoms with E-state index in [0.29, 0.717) is 9.88 Å². The van der Waals surface area contributed by atoms with Gasteiger partial charge in [-0.15, -0.1) is 11.3 Å². The van der Waals surface area contributed by atoms with Gasteiger partial charge in [0, 0.05) is 41.3 Å². The van der Waals surface area contributed by atoms with Crippen LogP contribution < -0.4 is 11.1 Å². The molecule has 9 heteroatoms. The number of nitrogens with zero attached hydrogens (tertiary/aromatic N) is 1. The van der Waals surface area contributed by atoms with Crippen LogP contribution in [0.4, 0.5) is 19.5 Å². The summed E-state index contributed by atoms with van der Waals surface area (Å²) in [5.74, 6) is -2.89. The molecular weight excluding hydrogens is 460 g/mol. The number of anilines is 2. The maximum absolute atomic E-state index is 14.9. The van der Waals surface area contributed by atoms with Gasteiger partial charge in [0.15, 0.2) is 11.6 Å². The van der Waals surface area contributed by atoms with Crippen LogP contribution in [0.25, 0.3) is 10.4 Å². The predicted molar refractivity (Wildman–Crippen MR) is 129 cm³/mol. The number of rotatable bonds is 7. The molecule has 1 saturated heterocycles. The van der Waals surface area contributed by atoms with E-state index < -0.39 is 23.1 Å². The van der Waals surface area contributed by atoms with Gasteiger partial charge in [0.25, 0.3) is 5.91 Å². The molecular formula is C25H27F2N3O3S. The van der Waals surface area contributed by atoms with E-state index in [4.69, 9.17) is 10.5 Å². The van der Waals surface area contributed by atoms with Gasteiger partial charge in [-0.2, -0.15) is 0 Å². The van der Waals surface area contributed by atoms with Gasteiger partial charge in [-0.25, -0.2) is 8.78 Å². The molecule has 1 aliphatic rings. The first-order valence-electron chi connectivity index (χ1n) is 10.9. The second-order valence-electron chi connectivity index (χ2n) is 8.78. The van der Waals surface area contributed by atoms with Crippen molar-refractivity contribution in [1.29, 1.82) is 0 Å². The zero-order chi connectivity index (χ0) is 24.5. The monoisotopic (exact) mass is 487 g/mol. The van der Waals surface area contributed by atoms with Gasteiger partial charge in [-0.1, -0.05) is 24.3 Å². The normalized spacial score (nSPS) is 14.9. The quantitative estimate of drug-likeness (QED) is 0.454. The van der Waals surface area contributed by atoms with Gasteiger partial charge in [0.1, 0.15) is 5.00 Å². The minimum atomic E-state index is -1.53. The van der Waals surface area contributed by atoms with E-state index in [1.165, 1.54) is 32.0 Å². The fourth-order valence-electron chi connectivity index (χ4n) is 3.85. The third-order valence-electron chi connectivity index (χ3n) is 5.73. The minimum absolute atomic E-state index is 0.00749. The van der Waals surface area contributed by atoms with Gasteiger partial charge < -0.3 is 20.9 Å². The maximum atomic E-state index is 14.9. The molecule has 0 aliphatic carbocycles. The van der Waals surface area contributed by atoms with E-state index >= 15 is 0 Å². The van der Waals surface area contributed by atoms with Gasteiger partial charge in [-0.05, 0) is 37.6 Å². The molecule has 1 fully saturated rings. The van der Waals surface area contributed by atoms with Gasteiger partial charge in [-0.3, -0.25) is 9.69 Å². The zero-order valence-electron chi connectivity index (χ0n) is 19.0. The third kappa shape index (κ3) is 5.28. The molecule has 0 saturated carbocycles. The van der Waals surface area contributed by atoms with Gasteiger partial charge in [0.2, 0.25) is 0 Å². The molecule has 2 aromatic carbocycles. The van der Waals surface area contributed by atoms with Crippen LogP contribution in [-0.2, 0) is 16.9 Å². The van der Waals surface area contributed by atoms with Crippen LogP contribution in [-0.4, -0.2) is 42.2 Å². The number of thiophene rings is 1. The van der Waals surface area contributed by atoms with Crippen molar-refractivity contribution in [1.82, 2.24) is 4.90 Å². The summed E-state index contributed by atoms with van der Waals surface area (Å²) in [5, 5.41) is 13.7. The smallest absolute Gasteiger partial charge is 0.251 e. The molecule has 3 aromatic rings. The number of aliphatic hydroxyl groups is 1. The van der Waals surface area contributed by atoms with Crippen molar-refractivity contribution >= 4 is 27.9 Å². The molecule has 34 heavy (non-hydrogen) atoms. The van der Waals surface area contributed by atoms with Crippen LogP contribution in [0.5, 0.6) is 0 Å². The average Bonchev–Trinajstić information content (AvgIpc) is 3.20. The Bertz CT molecular complexity index is 1180. The molecule has 4 N–H and O–H groups in total. The number of halogens is 2. The topological polar surface area (TPSA) is 87.8 Å². The van der Waals surface area contributed by atoms with E-state index in [-0.39, 0.29) is 16.7 Å². The van der Waals surface area contributed by atoms with Crippen molar-refractivity contribution in [2.24, 2.45) is 5.73 Å². The van der Waals surface area contributed by atoms with Crippen LogP contribution in [0.1, 0.15) is 35.3 Å². The van der Waals surface area contributed by atoms with Crippen LogP contribution in [0.15, 0.2) is 42.5 Å². The highest BCUT2D eigenvalue weighted by molar-refractivity contribution is 7.20. The molecule has 1 amide bonds. The molecule has 1 aromatic heterocycles. The van der Waals surface area contributed by atoms with Crippen LogP contribution >= 0.6 is 11.3 Å². The molecule has 0 spiro atoms. The Labute approximate surface area is 201 Å². The number of hydrogen-bond donors (Lipinski definition) is 3. The fourth-order valence-corrected chi connectivity index (χ4v) is 4.96. The Morgan fingerprint density at radius 1 is 1.15 bits per heavy atom. The molecule has 180 valence electrons. The highest BCUT2D eigenvalue weighted by atomic mass is 32.1. The average molecular weight is 488 g/mol. The van der Waals surface area contributed by atoms with Crippen molar-refractivity contribution < 1.29 is 23.4 Å². The number of nitrogens with two attached hydrogens (primary N) is 1. The van der Waals surface area contributed by atoms with Crippen molar-refractivity contribution in [3.8, 4) is 10.4 Å². The van der Waals surface area contributed by atoms with Crippen molar-refractivity contribution in [2.45, 2.75) is 26.0 Å². The molecule has 0 bridgehead atoms. The SMILES string of the molecule is CC(C)(O)c1ccc(-c2cc(C(N)=O)c(Nc3ccc(CN4CCOCC4)cc3)s2)c(F)c1F. The van der Waals surface area contributed by atoms with Crippen LogP contribution in [0.2, 0.25) is 0 Å². The highest BCUT2D eigenvalue weighted by Crippen LogP contribution is 2.39. The lowest BCUT2D eigenvalue weighted by molar-refractivity contribution is 0.0342. The summed E-state index contributed by atoms with van der Waals surface area (Å²) in [7, 11) is 0. The van der Waals surface area contributed by atoms with Gasteiger partial charge >= 0.3 is 0 Å². The Hall–Kier alpha value is -2.85. The first kappa shape index (κ1) is 24.3. The lowest BCUT2D eigenvalue weighted by Gasteiger charge is -2.26. The molecule has 2 heterocycles.